The Hall–Kier alpha value is 0.730. The first kappa shape index (κ1) is 10.7. The average Bonchev–Trinajstić information content (AvgIpc) is 1.98. The van der Waals surface area contributed by atoms with E-state index in [0.29, 0.717) is 0 Å². The molecule has 61 valence electrons. The van der Waals surface area contributed by atoms with Crippen molar-refractivity contribution in [2.24, 2.45) is 0 Å². The summed E-state index contributed by atoms with van der Waals surface area (Å²) in [5.41, 5.74) is 0. The number of halogens is 1. The third-order valence-corrected chi connectivity index (χ3v) is 2.93. The molecule has 0 aliphatic rings. The first-order chi connectivity index (χ1) is 4.81. The van der Waals surface area contributed by atoms with Gasteiger partial charge in [0.1, 0.15) is 0 Å². The molecule has 10 heavy (non-hydrogen) atoms. The Morgan fingerprint density at radius 2 is 2.00 bits per heavy atom. The summed E-state index contributed by atoms with van der Waals surface area (Å²) < 4.78 is 0.814. The summed E-state index contributed by atoms with van der Waals surface area (Å²) in [7, 11) is 0. The molecule has 0 saturated carbocycles. The minimum absolute atomic E-state index is 0.814. The molecular weight excluding hydrogens is 235 g/mol. The van der Waals surface area contributed by atoms with Crippen LogP contribution in [0, 0.1) is 6.92 Å². The molecule has 1 heteroatoms. The third-order valence-electron chi connectivity index (χ3n) is 1.68. The number of rotatable bonds is 6. The van der Waals surface area contributed by atoms with Crippen LogP contribution in [0.2, 0.25) is 0 Å². The van der Waals surface area contributed by atoms with E-state index in [-0.39, 0.29) is 0 Å². The molecule has 0 aliphatic heterocycles. The second kappa shape index (κ2) is 7.83. The van der Waals surface area contributed by atoms with Gasteiger partial charge >= 0.3 is 0 Å². The molecule has 0 N–H and O–H groups in total. The molecule has 0 aromatic rings. The van der Waals surface area contributed by atoms with Crippen molar-refractivity contribution in [1.82, 2.24) is 0 Å². The first-order valence-electron chi connectivity index (χ1n) is 4.24. The fourth-order valence-corrected chi connectivity index (χ4v) is 1.38. The zero-order chi connectivity index (χ0) is 7.82. The molecule has 0 heterocycles. The highest BCUT2D eigenvalue weighted by molar-refractivity contribution is 14.1. The maximum absolute atomic E-state index is 3.88. The Morgan fingerprint density at radius 3 is 2.50 bits per heavy atom. The molecule has 0 fully saturated rings. The molecule has 0 aromatic heterocycles. The normalized spacial score (nSPS) is 13.5. The van der Waals surface area contributed by atoms with Crippen molar-refractivity contribution < 1.29 is 0 Å². The van der Waals surface area contributed by atoms with Crippen LogP contribution in [0.15, 0.2) is 0 Å². The van der Waals surface area contributed by atoms with Gasteiger partial charge in [0.25, 0.3) is 0 Å². The summed E-state index contributed by atoms with van der Waals surface area (Å²) in [4.78, 5) is 0. The van der Waals surface area contributed by atoms with Gasteiger partial charge in [0.05, 0.1) is 0 Å². The number of alkyl halides is 1. The van der Waals surface area contributed by atoms with Crippen LogP contribution in [0.5, 0.6) is 0 Å². The van der Waals surface area contributed by atoms with Crippen LogP contribution >= 0.6 is 22.6 Å². The topological polar surface area (TPSA) is 0 Å². The lowest BCUT2D eigenvalue weighted by Gasteiger charge is -2.04. The van der Waals surface area contributed by atoms with Gasteiger partial charge in [-0.15, -0.1) is 0 Å². The predicted molar refractivity (Wildman–Crippen MR) is 56.5 cm³/mol. The second-order valence-electron chi connectivity index (χ2n) is 2.74. The van der Waals surface area contributed by atoms with Gasteiger partial charge in [-0.25, -0.2) is 0 Å². The zero-order valence-corrected chi connectivity index (χ0v) is 9.06. The standard InChI is InChI=1S/C9H18I/c1-3-5-6-7-8-9(10)4-2/h9H,2-8H2,1H3. The van der Waals surface area contributed by atoms with E-state index in [1.54, 1.807) is 0 Å². The summed E-state index contributed by atoms with van der Waals surface area (Å²) in [6, 6.07) is 0. The lowest BCUT2D eigenvalue weighted by molar-refractivity contribution is 0.626. The third kappa shape index (κ3) is 6.84. The van der Waals surface area contributed by atoms with Crippen molar-refractivity contribution >= 4 is 22.6 Å². The summed E-state index contributed by atoms with van der Waals surface area (Å²) >= 11 is 2.49. The summed E-state index contributed by atoms with van der Waals surface area (Å²) in [5, 5.41) is 0. The average molecular weight is 253 g/mol. The van der Waals surface area contributed by atoms with Crippen molar-refractivity contribution in [2.45, 2.75) is 49.4 Å². The van der Waals surface area contributed by atoms with Crippen LogP contribution in [0.3, 0.4) is 0 Å². The minimum atomic E-state index is 0.814. The Labute approximate surface area is 78.9 Å². The van der Waals surface area contributed by atoms with Crippen molar-refractivity contribution in [1.29, 1.82) is 0 Å². The van der Waals surface area contributed by atoms with E-state index in [9.17, 15) is 0 Å². The SMILES string of the molecule is [CH2]CC(I)CCCCCC. The van der Waals surface area contributed by atoms with Gasteiger partial charge in [0.2, 0.25) is 0 Å². The highest BCUT2D eigenvalue weighted by atomic mass is 127. The lowest BCUT2D eigenvalue weighted by Crippen LogP contribution is -1.93. The summed E-state index contributed by atoms with van der Waals surface area (Å²) in [5.74, 6) is 0. The molecule has 0 aromatic carbocycles. The van der Waals surface area contributed by atoms with Gasteiger partial charge < -0.3 is 0 Å². The highest BCUT2D eigenvalue weighted by Gasteiger charge is 1.98. The van der Waals surface area contributed by atoms with E-state index in [2.05, 4.69) is 36.4 Å². The Balaban J connectivity index is 2.89. The van der Waals surface area contributed by atoms with Crippen molar-refractivity contribution in [3.8, 4) is 0 Å². The van der Waals surface area contributed by atoms with E-state index >= 15 is 0 Å². The first-order valence-corrected chi connectivity index (χ1v) is 5.49. The predicted octanol–water partition coefficient (Wildman–Crippen LogP) is 3.98. The zero-order valence-electron chi connectivity index (χ0n) is 6.91. The minimum Gasteiger partial charge on any atom is -0.0826 e. The van der Waals surface area contributed by atoms with E-state index in [1.165, 1.54) is 32.1 Å². The van der Waals surface area contributed by atoms with Gasteiger partial charge in [0, 0.05) is 3.92 Å². The molecule has 0 aliphatic carbocycles. The van der Waals surface area contributed by atoms with Gasteiger partial charge in [-0.2, -0.15) is 0 Å². The summed E-state index contributed by atoms with van der Waals surface area (Å²) in [6.45, 7) is 6.13. The van der Waals surface area contributed by atoms with Crippen molar-refractivity contribution in [3.05, 3.63) is 6.92 Å². The second-order valence-corrected chi connectivity index (χ2v) is 4.50. The fraction of sp³-hybridized carbons (Fsp3) is 0.889. The van der Waals surface area contributed by atoms with Crippen LogP contribution in [0.4, 0.5) is 0 Å². The van der Waals surface area contributed by atoms with Gasteiger partial charge in [-0.3, -0.25) is 0 Å². The van der Waals surface area contributed by atoms with E-state index < -0.39 is 0 Å². The molecule has 1 unspecified atom stereocenters. The molecular formula is C9H18I. The van der Waals surface area contributed by atoms with Crippen LogP contribution < -0.4 is 0 Å². The summed E-state index contributed by atoms with van der Waals surface area (Å²) in [6.07, 6.45) is 8.01. The largest absolute Gasteiger partial charge is 0.0826 e. The molecule has 0 amide bonds. The Bertz CT molecular complexity index is 61.7. The fourth-order valence-electron chi connectivity index (χ4n) is 0.937. The number of hydrogen-bond acceptors (Lipinski definition) is 0. The molecule has 1 atom stereocenters. The van der Waals surface area contributed by atoms with Crippen LogP contribution in [0.1, 0.15) is 45.4 Å². The van der Waals surface area contributed by atoms with E-state index in [0.717, 1.165) is 10.3 Å². The van der Waals surface area contributed by atoms with E-state index in [1.807, 2.05) is 0 Å². The monoisotopic (exact) mass is 253 g/mol. The van der Waals surface area contributed by atoms with Gasteiger partial charge in [-0.05, 0) is 12.8 Å². The van der Waals surface area contributed by atoms with E-state index in [4.69, 9.17) is 0 Å². The van der Waals surface area contributed by atoms with Crippen molar-refractivity contribution in [3.63, 3.8) is 0 Å². The Kier molecular flexibility index (Phi) is 8.40. The van der Waals surface area contributed by atoms with Crippen LogP contribution in [-0.4, -0.2) is 3.92 Å². The maximum Gasteiger partial charge on any atom is 0.0110 e. The van der Waals surface area contributed by atoms with Gasteiger partial charge in [-0.1, -0.05) is 62.1 Å². The van der Waals surface area contributed by atoms with Crippen LogP contribution in [0.25, 0.3) is 0 Å². The molecule has 0 rings (SSSR count). The molecule has 0 nitrogen and oxygen atoms in total. The number of unbranched alkanes of at least 4 members (excludes halogenated alkanes) is 3. The maximum atomic E-state index is 3.88. The lowest BCUT2D eigenvalue weighted by atomic mass is 10.1. The molecule has 0 spiro atoms. The smallest absolute Gasteiger partial charge is 0.0110 e. The number of hydrogen-bond donors (Lipinski definition) is 0. The highest BCUT2D eigenvalue weighted by Crippen LogP contribution is 2.14. The quantitative estimate of drug-likeness (QED) is 0.381. The molecule has 1 radical (unpaired) electrons. The molecule has 0 bridgehead atoms. The molecule has 0 saturated heterocycles. The Morgan fingerprint density at radius 1 is 1.30 bits per heavy atom. The van der Waals surface area contributed by atoms with Crippen molar-refractivity contribution in [2.75, 3.05) is 0 Å². The van der Waals surface area contributed by atoms with Gasteiger partial charge in [0.15, 0.2) is 0 Å². The van der Waals surface area contributed by atoms with Crippen LogP contribution in [-0.2, 0) is 0 Å².